The molecule has 0 atom stereocenters. The summed E-state index contributed by atoms with van der Waals surface area (Å²) in [7, 11) is 1.90. The Labute approximate surface area is 77.4 Å². The minimum atomic E-state index is 0.822. The molecule has 2 nitrogen and oxygen atoms in total. The van der Waals surface area contributed by atoms with Gasteiger partial charge in [0.15, 0.2) is 0 Å². The largest absolute Gasteiger partial charge is 0.398 e. The van der Waals surface area contributed by atoms with Crippen molar-refractivity contribution in [1.82, 2.24) is 0 Å². The molecule has 0 aromatic heterocycles. The van der Waals surface area contributed by atoms with E-state index in [1.165, 1.54) is 5.39 Å². The van der Waals surface area contributed by atoms with E-state index in [9.17, 15) is 0 Å². The number of benzene rings is 2. The maximum absolute atomic E-state index is 5.89. The van der Waals surface area contributed by atoms with Gasteiger partial charge in [-0.25, -0.2) is 0 Å². The highest BCUT2D eigenvalue weighted by molar-refractivity contribution is 6.02. The van der Waals surface area contributed by atoms with Crippen molar-refractivity contribution in [1.29, 1.82) is 0 Å². The van der Waals surface area contributed by atoms with Crippen LogP contribution in [0.2, 0.25) is 0 Å². The van der Waals surface area contributed by atoms with Gasteiger partial charge in [-0.1, -0.05) is 24.3 Å². The van der Waals surface area contributed by atoms with Crippen LogP contribution in [-0.4, -0.2) is 7.05 Å². The van der Waals surface area contributed by atoms with Crippen LogP contribution in [0.25, 0.3) is 10.8 Å². The number of nitrogens with one attached hydrogen (secondary N) is 1. The second-order valence-corrected chi connectivity index (χ2v) is 3.00. The first-order chi connectivity index (χ1) is 6.33. The molecule has 0 aliphatic carbocycles. The lowest BCUT2D eigenvalue weighted by Crippen LogP contribution is -1.93. The molecule has 3 N–H and O–H groups in total. The Bertz CT molecular complexity index is 430. The molecule has 0 unspecified atom stereocenters. The maximum Gasteiger partial charge on any atom is 0.0438 e. The SMILES string of the molecule is CNc1cccc2cccc(N)c12. The van der Waals surface area contributed by atoms with E-state index in [2.05, 4.69) is 17.4 Å². The average Bonchev–Trinajstić information content (AvgIpc) is 2.17. The van der Waals surface area contributed by atoms with Gasteiger partial charge in [-0.15, -0.1) is 0 Å². The zero-order valence-electron chi connectivity index (χ0n) is 7.54. The third-order valence-electron chi connectivity index (χ3n) is 2.21. The molecule has 2 rings (SSSR count). The smallest absolute Gasteiger partial charge is 0.0438 e. The van der Waals surface area contributed by atoms with Crippen molar-refractivity contribution in [2.75, 3.05) is 18.1 Å². The van der Waals surface area contributed by atoms with Gasteiger partial charge in [0.05, 0.1) is 0 Å². The zero-order chi connectivity index (χ0) is 9.26. The molecule has 66 valence electrons. The maximum atomic E-state index is 5.89. The van der Waals surface area contributed by atoms with Crippen LogP contribution in [0, 0.1) is 0 Å². The van der Waals surface area contributed by atoms with E-state index in [4.69, 9.17) is 5.73 Å². The minimum Gasteiger partial charge on any atom is -0.398 e. The second-order valence-electron chi connectivity index (χ2n) is 3.00. The molecular weight excluding hydrogens is 160 g/mol. The lowest BCUT2D eigenvalue weighted by Gasteiger charge is -2.07. The summed E-state index contributed by atoms with van der Waals surface area (Å²) in [6.07, 6.45) is 0. The lowest BCUT2D eigenvalue weighted by molar-refractivity contribution is 1.54. The molecule has 0 saturated heterocycles. The lowest BCUT2D eigenvalue weighted by atomic mass is 10.1. The Hall–Kier alpha value is -1.70. The van der Waals surface area contributed by atoms with Crippen molar-refractivity contribution < 1.29 is 0 Å². The molecule has 0 bridgehead atoms. The quantitative estimate of drug-likeness (QED) is 0.648. The number of rotatable bonds is 1. The van der Waals surface area contributed by atoms with Crippen LogP contribution in [0.5, 0.6) is 0 Å². The first-order valence-electron chi connectivity index (χ1n) is 4.28. The average molecular weight is 172 g/mol. The van der Waals surface area contributed by atoms with Crippen LogP contribution >= 0.6 is 0 Å². The molecule has 0 saturated carbocycles. The normalized spacial score (nSPS) is 10.2. The van der Waals surface area contributed by atoms with Crippen LogP contribution < -0.4 is 11.1 Å². The predicted molar refractivity (Wildman–Crippen MR) is 57.9 cm³/mol. The van der Waals surface area contributed by atoms with Gasteiger partial charge in [0.25, 0.3) is 0 Å². The number of nitrogen functional groups attached to an aromatic ring is 1. The van der Waals surface area contributed by atoms with Crippen LogP contribution in [0.1, 0.15) is 0 Å². The molecule has 0 aliphatic heterocycles. The molecule has 0 aliphatic rings. The highest BCUT2D eigenvalue weighted by Crippen LogP contribution is 2.27. The molecule has 2 aromatic carbocycles. The van der Waals surface area contributed by atoms with Crippen molar-refractivity contribution in [3.63, 3.8) is 0 Å². The van der Waals surface area contributed by atoms with Crippen LogP contribution in [0.3, 0.4) is 0 Å². The summed E-state index contributed by atoms with van der Waals surface area (Å²) in [6, 6.07) is 12.1. The van der Waals surface area contributed by atoms with Gasteiger partial charge in [0, 0.05) is 23.8 Å². The third kappa shape index (κ3) is 1.20. The van der Waals surface area contributed by atoms with Gasteiger partial charge in [-0.2, -0.15) is 0 Å². The van der Waals surface area contributed by atoms with E-state index in [-0.39, 0.29) is 0 Å². The molecule has 0 amide bonds. The number of nitrogens with two attached hydrogens (primary N) is 1. The molecule has 2 heteroatoms. The summed E-state index contributed by atoms with van der Waals surface area (Å²) in [6.45, 7) is 0. The predicted octanol–water partition coefficient (Wildman–Crippen LogP) is 2.46. The standard InChI is InChI=1S/C11H12N2/c1-13-10-7-3-5-8-4-2-6-9(12)11(8)10/h2-7,13H,12H2,1H3. The molecular formula is C11H12N2. The summed E-state index contributed by atoms with van der Waals surface area (Å²) in [4.78, 5) is 0. The molecule has 0 radical (unpaired) electrons. The molecule has 0 heterocycles. The first-order valence-corrected chi connectivity index (χ1v) is 4.28. The Kier molecular flexibility index (Phi) is 1.81. The minimum absolute atomic E-state index is 0.822. The van der Waals surface area contributed by atoms with Gasteiger partial charge in [-0.05, 0) is 17.5 Å². The van der Waals surface area contributed by atoms with Gasteiger partial charge in [-0.3, -0.25) is 0 Å². The summed E-state index contributed by atoms with van der Waals surface area (Å²) in [5.74, 6) is 0. The topological polar surface area (TPSA) is 38.0 Å². The highest BCUT2D eigenvalue weighted by Gasteiger charge is 2.00. The summed E-state index contributed by atoms with van der Waals surface area (Å²) < 4.78 is 0. The summed E-state index contributed by atoms with van der Waals surface area (Å²) in [5, 5.41) is 5.41. The van der Waals surface area contributed by atoms with Crippen molar-refractivity contribution in [2.24, 2.45) is 0 Å². The number of fused-ring (bicyclic) bond motifs is 1. The monoisotopic (exact) mass is 172 g/mol. The molecule has 0 spiro atoms. The fraction of sp³-hybridized carbons (Fsp3) is 0.0909. The molecule has 2 aromatic rings. The first kappa shape index (κ1) is 7.92. The van der Waals surface area contributed by atoms with Gasteiger partial charge < -0.3 is 11.1 Å². The van der Waals surface area contributed by atoms with Gasteiger partial charge in [0.1, 0.15) is 0 Å². The third-order valence-corrected chi connectivity index (χ3v) is 2.21. The Balaban J connectivity index is 2.87. The number of anilines is 2. The van der Waals surface area contributed by atoms with Crippen molar-refractivity contribution >= 4 is 22.1 Å². The fourth-order valence-corrected chi connectivity index (χ4v) is 1.58. The van der Waals surface area contributed by atoms with Crippen molar-refractivity contribution in [2.45, 2.75) is 0 Å². The molecule has 0 fully saturated rings. The summed E-state index contributed by atoms with van der Waals surface area (Å²) in [5.41, 5.74) is 7.79. The van der Waals surface area contributed by atoms with E-state index in [1.54, 1.807) is 0 Å². The number of hydrogen-bond acceptors (Lipinski definition) is 2. The van der Waals surface area contributed by atoms with Crippen molar-refractivity contribution in [3.05, 3.63) is 36.4 Å². The van der Waals surface area contributed by atoms with E-state index in [0.717, 1.165) is 16.8 Å². The Morgan fingerprint density at radius 1 is 1.08 bits per heavy atom. The molecule has 13 heavy (non-hydrogen) atoms. The van der Waals surface area contributed by atoms with E-state index in [0.29, 0.717) is 0 Å². The van der Waals surface area contributed by atoms with Crippen LogP contribution in [-0.2, 0) is 0 Å². The van der Waals surface area contributed by atoms with Crippen LogP contribution in [0.4, 0.5) is 11.4 Å². The summed E-state index contributed by atoms with van der Waals surface area (Å²) >= 11 is 0. The van der Waals surface area contributed by atoms with E-state index >= 15 is 0 Å². The number of hydrogen-bond donors (Lipinski definition) is 2. The second kappa shape index (κ2) is 2.98. The van der Waals surface area contributed by atoms with E-state index < -0.39 is 0 Å². The Morgan fingerprint density at radius 3 is 2.46 bits per heavy atom. The fourth-order valence-electron chi connectivity index (χ4n) is 1.58. The zero-order valence-corrected chi connectivity index (χ0v) is 7.54. The van der Waals surface area contributed by atoms with Gasteiger partial charge in [0.2, 0.25) is 0 Å². The van der Waals surface area contributed by atoms with E-state index in [1.807, 2.05) is 31.3 Å². The Morgan fingerprint density at radius 2 is 1.77 bits per heavy atom. The highest BCUT2D eigenvalue weighted by atomic mass is 14.8. The van der Waals surface area contributed by atoms with Gasteiger partial charge >= 0.3 is 0 Å². The van der Waals surface area contributed by atoms with Crippen LogP contribution in [0.15, 0.2) is 36.4 Å². The van der Waals surface area contributed by atoms with Crippen molar-refractivity contribution in [3.8, 4) is 0 Å².